The first-order chi connectivity index (χ1) is 15.4. The zero-order chi connectivity index (χ0) is 24.8. The molecule has 33 heavy (non-hydrogen) atoms. The maximum absolute atomic E-state index is 13.1. The fraction of sp³-hybridized carbons (Fsp3) is 0.391. The summed E-state index contributed by atoms with van der Waals surface area (Å²) in [6, 6.07) is 11.4. The molecule has 0 saturated heterocycles. The third kappa shape index (κ3) is 7.62. The van der Waals surface area contributed by atoms with E-state index in [1.165, 1.54) is 16.3 Å². The molecule has 0 aliphatic heterocycles. The molecule has 1 unspecified atom stereocenters. The lowest BCUT2D eigenvalue weighted by Crippen LogP contribution is -2.46. The van der Waals surface area contributed by atoms with Crippen molar-refractivity contribution in [3.8, 4) is 0 Å². The molecule has 1 N–H and O–H groups in total. The Morgan fingerprint density at radius 3 is 2.24 bits per heavy atom. The van der Waals surface area contributed by atoms with Gasteiger partial charge in [0.15, 0.2) is 0 Å². The summed E-state index contributed by atoms with van der Waals surface area (Å²) in [7, 11) is -2.07. The number of nitrogens with one attached hydrogen (secondary N) is 1. The van der Waals surface area contributed by atoms with Crippen molar-refractivity contribution in [1.29, 1.82) is 0 Å². The van der Waals surface area contributed by atoms with Crippen LogP contribution in [0.2, 0.25) is 10.0 Å². The summed E-state index contributed by atoms with van der Waals surface area (Å²) in [6.07, 6.45) is 1.46. The van der Waals surface area contributed by atoms with Crippen molar-refractivity contribution in [3.63, 3.8) is 0 Å². The number of rotatable bonds is 10. The molecule has 0 heterocycles. The highest BCUT2D eigenvalue weighted by atomic mass is 35.5. The Morgan fingerprint density at radius 1 is 1.06 bits per heavy atom. The van der Waals surface area contributed by atoms with Crippen molar-refractivity contribution in [2.75, 3.05) is 24.2 Å². The molecular formula is C23H29Cl2N3O4S. The van der Waals surface area contributed by atoms with E-state index < -0.39 is 16.1 Å². The maximum Gasteiger partial charge on any atom is 0.242 e. The number of hydrogen-bond acceptors (Lipinski definition) is 4. The molecule has 0 fully saturated rings. The van der Waals surface area contributed by atoms with Crippen molar-refractivity contribution in [2.45, 2.75) is 39.3 Å². The first kappa shape index (κ1) is 27.0. The maximum atomic E-state index is 13.1. The number of amides is 2. The van der Waals surface area contributed by atoms with E-state index in [9.17, 15) is 18.0 Å². The van der Waals surface area contributed by atoms with Gasteiger partial charge in [-0.1, -0.05) is 41.4 Å². The smallest absolute Gasteiger partial charge is 0.242 e. The number of hydrogen-bond donors (Lipinski definition) is 1. The van der Waals surface area contributed by atoms with E-state index in [1.807, 2.05) is 0 Å². The average molecular weight is 514 g/mol. The zero-order valence-corrected chi connectivity index (χ0v) is 21.5. The van der Waals surface area contributed by atoms with Crippen LogP contribution in [0, 0.1) is 6.92 Å². The van der Waals surface area contributed by atoms with Crippen LogP contribution >= 0.6 is 23.2 Å². The van der Waals surface area contributed by atoms with Crippen molar-refractivity contribution >= 4 is 50.7 Å². The van der Waals surface area contributed by atoms with Crippen molar-refractivity contribution < 1.29 is 18.0 Å². The second-order valence-electron chi connectivity index (χ2n) is 7.81. The van der Waals surface area contributed by atoms with Gasteiger partial charge in [-0.05, 0) is 55.7 Å². The molecule has 2 aromatic rings. The van der Waals surface area contributed by atoms with Crippen LogP contribution in [0.1, 0.15) is 30.9 Å². The molecule has 7 nitrogen and oxygen atoms in total. The minimum absolute atomic E-state index is 0.0700. The van der Waals surface area contributed by atoms with Crippen LogP contribution in [0.25, 0.3) is 0 Å². The molecule has 0 aliphatic rings. The highest BCUT2D eigenvalue weighted by molar-refractivity contribution is 7.92. The topological polar surface area (TPSA) is 86.8 Å². The van der Waals surface area contributed by atoms with E-state index >= 15 is 0 Å². The van der Waals surface area contributed by atoms with Gasteiger partial charge in [0.2, 0.25) is 21.8 Å². The molecule has 180 valence electrons. The molecule has 10 heteroatoms. The van der Waals surface area contributed by atoms with Crippen LogP contribution in [0.3, 0.4) is 0 Å². The minimum Gasteiger partial charge on any atom is -0.357 e. The van der Waals surface area contributed by atoms with Crippen molar-refractivity contribution in [3.05, 3.63) is 63.6 Å². The fourth-order valence-electron chi connectivity index (χ4n) is 3.41. The van der Waals surface area contributed by atoms with Gasteiger partial charge in [0.1, 0.15) is 6.04 Å². The Bertz CT molecular complexity index is 1090. The number of carbonyl (C=O) groups is 2. The molecular weight excluding hydrogens is 485 g/mol. The minimum atomic E-state index is -3.59. The summed E-state index contributed by atoms with van der Waals surface area (Å²) in [6.45, 7) is 3.79. The number of benzene rings is 2. The standard InChI is InChI=1S/C23H29Cl2N3O4S/c1-16-7-10-20(25)14-21(16)28(33(4,31)32)13-5-6-22(29)27(17(2)23(30)26-3)15-18-8-11-19(24)12-9-18/h7-12,14,17H,5-6,13,15H2,1-4H3,(H,26,30). The summed E-state index contributed by atoms with van der Waals surface area (Å²) < 4.78 is 26.1. The summed E-state index contributed by atoms with van der Waals surface area (Å²) in [4.78, 5) is 26.8. The van der Waals surface area contributed by atoms with Crippen molar-refractivity contribution in [1.82, 2.24) is 10.2 Å². The van der Waals surface area contributed by atoms with E-state index in [1.54, 1.807) is 56.3 Å². The van der Waals surface area contributed by atoms with Crippen LogP contribution in [0.15, 0.2) is 42.5 Å². The number of aryl methyl sites for hydroxylation is 1. The second-order valence-corrected chi connectivity index (χ2v) is 10.6. The van der Waals surface area contributed by atoms with Crippen LogP contribution in [-0.4, -0.2) is 51.0 Å². The van der Waals surface area contributed by atoms with Gasteiger partial charge >= 0.3 is 0 Å². The second kappa shape index (κ2) is 11.7. The van der Waals surface area contributed by atoms with Crippen LogP contribution in [0.5, 0.6) is 0 Å². The fourth-order valence-corrected chi connectivity index (χ4v) is 4.72. The van der Waals surface area contributed by atoms with E-state index in [-0.39, 0.29) is 37.7 Å². The first-order valence-corrected chi connectivity index (χ1v) is 13.0. The molecule has 0 spiro atoms. The van der Waals surface area contributed by atoms with Gasteiger partial charge in [0, 0.05) is 36.6 Å². The molecule has 0 radical (unpaired) electrons. The molecule has 0 aliphatic carbocycles. The molecule has 0 saturated carbocycles. The van der Waals surface area contributed by atoms with E-state index in [0.29, 0.717) is 15.7 Å². The molecule has 2 rings (SSSR count). The largest absolute Gasteiger partial charge is 0.357 e. The third-order valence-corrected chi connectivity index (χ3v) is 6.94. The number of nitrogens with zero attached hydrogens (tertiary/aromatic N) is 2. The summed E-state index contributed by atoms with van der Waals surface area (Å²) in [5.41, 5.74) is 2.07. The third-order valence-electron chi connectivity index (χ3n) is 5.27. The summed E-state index contributed by atoms with van der Waals surface area (Å²) >= 11 is 12.0. The SMILES string of the molecule is CNC(=O)C(C)N(Cc1ccc(Cl)cc1)C(=O)CCCN(c1cc(Cl)ccc1C)S(C)(=O)=O. The Balaban J connectivity index is 2.17. The predicted octanol–water partition coefficient (Wildman–Crippen LogP) is 4.01. The van der Waals surface area contributed by atoms with Gasteiger partial charge in [-0.3, -0.25) is 13.9 Å². The number of likely N-dealkylation sites (N-methyl/N-ethyl adjacent to an activating group) is 1. The number of sulfonamides is 1. The van der Waals surface area contributed by atoms with Crippen molar-refractivity contribution in [2.24, 2.45) is 0 Å². The predicted molar refractivity (Wildman–Crippen MR) is 133 cm³/mol. The quantitative estimate of drug-likeness (QED) is 0.519. The molecule has 0 aromatic heterocycles. The normalized spacial score (nSPS) is 12.2. The average Bonchev–Trinajstić information content (AvgIpc) is 2.76. The van der Waals surface area contributed by atoms with E-state index in [4.69, 9.17) is 23.2 Å². The van der Waals surface area contributed by atoms with Gasteiger partial charge < -0.3 is 10.2 Å². The Morgan fingerprint density at radius 2 is 1.67 bits per heavy atom. The van der Waals surface area contributed by atoms with E-state index in [2.05, 4.69) is 5.32 Å². The number of halogens is 2. The van der Waals surface area contributed by atoms with Gasteiger partial charge in [0.25, 0.3) is 0 Å². The Labute approximate surface area is 205 Å². The highest BCUT2D eigenvalue weighted by Crippen LogP contribution is 2.27. The lowest BCUT2D eigenvalue weighted by molar-refractivity contribution is -0.140. The molecule has 1 atom stereocenters. The summed E-state index contributed by atoms with van der Waals surface area (Å²) in [5, 5.41) is 3.57. The van der Waals surface area contributed by atoms with Gasteiger partial charge in [0.05, 0.1) is 11.9 Å². The molecule has 0 bridgehead atoms. The number of anilines is 1. The molecule has 2 aromatic carbocycles. The van der Waals surface area contributed by atoms with Crippen LogP contribution in [-0.2, 0) is 26.2 Å². The van der Waals surface area contributed by atoms with Crippen LogP contribution < -0.4 is 9.62 Å². The lowest BCUT2D eigenvalue weighted by Gasteiger charge is -2.29. The Hall–Kier alpha value is -2.29. The van der Waals surface area contributed by atoms with Gasteiger partial charge in [-0.2, -0.15) is 0 Å². The first-order valence-electron chi connectivity index (χ1n) is 10.4. The Kier molecular flexibility index (Phi) is 9.57. The van der Waals surface area contributed by atoms with E-state index in [0.717, 1.165) is 17.4 Å². The monoisotopic (exact) mass is 513 g/mol. The zero-order valence-electron chi connectivity index (χ0n) is 19.1. The molecule has 2 amide bonds. The van der Waals surface area contributed by atoms with Crippen LogP contribution in [0.4, 0.5) is 5.69 Å². The van der Waals surface area contributed by atoms with Gasteiger partial charge in [-0.25, -0.2) is 8.42 Å². The summed E-state index contributed by atoms with van der Waals surface area (Å²) in [5.74, 6) is -0.540. The van der Waals surface area contributed by atoms with Gasteiger partial charge in [-0.15, -0.1) is 0 Å². The highest BCUT2D eigenvalue weighted by Gasteiger charge is 2.26. The lowest BCUT2D eigenvalue weighted by atomic mass is 10.1. The number of carbonyl (C=O) groups excluding carboxylic acids is 2.